The van der Waals surface area contributed by atoms with Crippen LogP contribution in [-0.4, -0.2) is 27.7 Å². The van der Waals surface area contributed by atoms with Crippen molar-refractivity contribution < 1.29 is 0 Å². The summed E-state index contributed by atoms with van der Waals surface area (Å²) >= 11 is 1.47. The number of rotatable bonds is 5. The van der Waals surface area contributed by atoms with E-state index in [4.69, 9.17) is 0 Å². The highest BCUT2D eigenvalue weighted by Crippen LogP contribution is 2.08. The summed E-state index contributed by atoms with van der Waals surface area (Å²) in [6.07, 6.45) is 0. The minimum absolute atomic E-state index is 0.178. The summed E-state index contributed by atoms with van der Waals surface area (Å²) in [5, 5.41) is 10.9. The summed E-state index contributed by atoms with van der Waals surface area (Å²) < 4.78 is 3.92. The van der Waals surface area contributed by atoms with Gasteiger partial charge in [-0.25, -0.2) is 0 Å². The molecule has 0 aliphatic carbocycles. The highest BCUT2D eigenvalue weighted by Gasteiger charge is 2.11. The van der Waals surface area contributed by atoms with Crippen LogP contribution in [0.25, 0.3) is 0 Å². The topological polar surface area (TPSA) is 49.8 Å². The molecule has 0 amide bonds. The average molecular weight is 242 g/mol. The van der Waals surface area contributed by atoms with E-state index in [-0.39, 0.29) is 5.54 Å². The Morgan fingerprint density at radius 3 is 2.56 bits per heavy atom. The minimum Gasteiger partial charge on any atom is -0.311 e. The lowest BCUT2D eigenvalue weighted by Gasteiger charge is -2.23. The highest BCUT2D eigenvalue weighted by molar-refractivity contribution is 7.05. The first-order chi connectivity index (χ1) is 7.38. The van der Waals surface area contributed by atoms with E-state index < -0.39 is 0 Å². The lowest BCUT2D eigenvalue weighted by atomic mass is 10.1. The van der Waals surface area contributed by atoms with Crippen molar-refractivity contribution in [2.24, 2.45) is 0 Å². The fourth-order valence-electron chi connectivity index (χ4n) is 1.21. The Morgan fingerprint density at radius 1 is 1.38 bits per heavy atom. The first-order valence-corrected chi connectivity index (χ1v) is 6.42. The van der Waals surface area contributed by atoms with E-state index >= 15 is 0 Å². The third-order valence-corrected chi connectivity index (χ3v) is 3.12. The molecule has 2 N–H and O–H groups in total. The first kappa shape index (κ1) is 13.5. The van der Waals surface area contributed by atoms with Gasteiger partial charge in [0.2, 0.25) is 0 Å². The monoisotopic (exact) mass is 242 g/mol. The van der Waals surface area contributed by atoms with Gasteiger partial charge in [-0.2, -0.15) is 0 Å². The molecule has 1 unspecified atom stereocenters. The minimum atomic E-state index is 0.178. The van der Waals surface area contributed by atoms with Gasteiger partial charge in [-0.1, -0.05) is 4.49 Å². The molecule has 0 saturated heterocycles. The van der Waals surface area contributed by atoms with E-state index in [2.05, 4.69) is 47.9 Å². The van der Waals surface area contributed by atoms with Crippen molar-refractivity contribution in [3.63, 3.8) is 0 Å². The van der Waals surface area contributed by atoms with Crippen LogP contribution in [0.5, 0.6) is 0 Å². The Balaban J connectivity index is 2.25. The van der Waals surface area contributed by atoms with E-state index in [1.54, 1.807) is 0 Å². The van der Waals surface area contributed by atoms with Gasteiger partial charge in [0.25, 0.3) is 0 Å². The fraction of sp³-hybridized carbons (Fsp3) is 0.818. The van der Waals surface area contributed by atoms with Gasteiger partial charge in [0.1, 0.15) is 0 Å². The van der Waals surface area contributed by atoms with Gasteiger partial charge < -0.3 is 10.6 Å². The number of aromatic nitrogens is 2. The molecule has 0 spiro atoms. The van der Waals surface area contributed by atoms with Gasteiger partial charge in [0.15, 0.2) is 0 Å². The summed E-state index contributed by atoms with van der Waals surface area (Å²) in [5.41, 5.74) is 1.21. The van der Waals surface area contributed by atoms with Gasteiger partial charge in [0, 0.05) is 24.7 Å². The molecule has 4 nitrogen and oxygen atoms in total. The maximum absolute atomic E-state index is 3.99. The van der Waals surface area contributed by atoms with Crippen LogP contribution in [-0.2, 0) is 6.54 Å². The Kier molecular flexibility index (Phi) is 4.83. The number of hydrogen-bond donors (Lipinski definition) is 2. The summed E-state index contributed by atoms with van der Waals surface area (Å²) in [4.78, 5) is 1.22. The standard InChI is InChI=1S/C11H22N4S/c1-8(6-13-11(3,4)5)12-7-10-9(2)14-15-16-10/h8,12-13H,6-7H2,1-5H3. The molecule has 0 saturated carbocycles. The van der Waals surface area contributed by atoms with E-state index in [0.717, 1.165) is 18.8 Å². The van der Waals surface area contributed by atoms with Crippen LogP contribution < -0.4 is 10.6 Å². The zero-order chi connectivity index (χ0) is 12.2. The predicted octanol–water partition coefficient (Wildman–Crippen LogP) is 1.71. The Hall–Kier alpha value is -0.520. The van der Waals surface area contributed by atoms with Crippen LogP contribution in [0.2, 0.25) is 0 Å². The van der Waals surface area contributed by atoms with Crippen molar-refractivity contribution >= 4 is 11.5 Å². The molecule has 5 heteroatoms. The van der Waals surface area contributed by atoms with Crippen LogP contribution in [0.4, 0.5) is 0 Å². The predicted molar refractivity (Wildman–Crippen MR) is 68.7 cm³/mol. The second kappa shape index (κ2) is 5.70. The molecule has 0 aliphatic rings. The Morgan fingerprint density at radius 2 is 2.06 bits per heavy atom. The molecule has 92 valence electrons. The quantitative estimate of drug-likeness (QED) is 0.825. The van der Waals surface area contributed by atoms with Crippen LogP contribution >= 0.6 is 11.5 Å². The lowest BCUT2D eigenvalue weighted by Crippen LogP contribution is -2.44. The van der Waals surface area contributed by atoms with E-state index in [9.17, 15) is 0 Å². The molecule has 0 fully saturated rings. The van der Waals surface area contributed by atoms with Gasteiger partial charge in [-0.05, 0) is 46.2 Å². The van der Waals surface area contributed by atoms with Crippen molar-refractivity contribution in [3.05, 3.63) is 10.6 Å². The molecule has 0 aromatic carbocycles. The molecule has 1 atom stereocenters. The SMILES string of the molecule is Cc1nnsc1CNC(C)CNC(C)(C)C. The molecule has 0 radical (unpaired) electrons. The largest absolute Gasteiger partial charge is 0.311 e. The van der Waals surface area contributed by atoms with Gasteiger partial charge in [-0.3, -0.25) is 0 Å². The van der Waals surface area contributed by atoms with Gasteiger partial charge in [0.05, 0.1) is 10.6 Å². The molecular weight excluding hydrogens is 220 g/mol. The highest BCUT2D eigenvalue weighted by atomic mass is 32.1. The molecule has 0 aliphatic heterocycles. The number of aryl methyl sites for hydroxylation is 1. The molecule has 1 aromatic heterocycles. The molecule has 1 aromatic rings. The van der Waals surface area contributed by atoms with Gasteiger partial charge in [-0.15, -0.1) is 5.10 Å². The number of nitrogens with zero attached hydrogens (tertiary/aromatic N) is 2. The van der Waals surface area contributed by atoms with E-state index in [0.29, 0.717) is 6.04 Å². The second-order valence-corrected chi connectivity index (χ2v) is 6.03. The summed E-state index contributed by atoms with van der Waals surface area (Å²) in [6, 6.07) is 0.445. The summed E-state index contributed by atoms with van der Waals surface area (Å²) in [7, 11) is 0. The van der Waals surface area contributed by atoms with Crippen molar-refractivity contribution in [2.75, 3.05) is 6.54 Å². The number of hydrogen-bond acceptors (Lipinski definition) is 5. The zero-order valence-corrected chi connectivity index (χ0v) is 11.6. The average Bonchev–Trinajstić information content (AvgIpc) is 2.57. The third kappa shape index (κ3) is 5.01. The molecular formula is C11H22N4S. The normalized spacial score (nSPS) is 14.1. The lowest BCUT2D eigenvalue weighted by molar-refractivity contribution is 0.387. The fourth-order valence-corrected chi connectivity index (χ4v) is 1.79. The first-order valence-electron chi connectivity index (χ1n) is 5.65. The van der Waals surface area contributed by atoms with Crippen molar-refractivity contribution in [3.8, 4) is 0 Å². The van der Waals surface area contributed by atoms with Crippen LogP contribution in [0.15, 0.2) is 0 Å². The van der Waals surface area contributed by atoms with E-state index in [1.807, 2.05) is 6.92 Å². The summed E-state index contributed by atoms with van der Waals surface area (Å²) in [5.74, 6) is 0. The Bertz CT molecular complexity index is 316. The second-order valence-electron chi connectivity index (χ2n) is 5.19. The maximum atomic E-state index is 3.99. The maximum Gasteiger partial charge on any atom is 0.0769 e. The molecule has 0 bridgehead atoms. The number of nitrogens with one attached hydrogen (secondary N) is 2. The zero-order valence-electron chi connectivity index (χ0n) is 10.8. The van der Waals surface area contributed by atoms with Crippen molar-refractivity contribution in [2.45, 2.75) is 52.7 Å². The smallest absolute Gasteiger partial charge is 0.0769 e. The van der Waals surface area contributed by atoms with Crippen LogP contribution in [0, 0.1) is 6.92 Å². The van der Waals surface area contributed by atoms with Crippen molar-refractivity contribution in [1.29, 1.82) is 0 Å². The molecule has 1 rings (SSSR count). The molecule has 1 heterocycles. The van der Waals surface area contributed by atoms with Crippen LogP contribution in [0.3, 0.4) is 0 Å². The van der Waals surface area contributed by atoms with E-state index in [1.165, 1.54) is 16.4 Å². The van der Waals surface area contributed by atoms with Crippen molar-refractivity contribution in [1.82, 2.24) is 20.2 Å². The van der Waals surface area contributed by atoms with Gasteiger partial charge >= 0.3 is 0 Å². The Labute approximate surface area is 102 Å². The van der Waals surface area contributed by atoms with Crippen LogP contribution in [0.1, 0.15) is 38.3 Å². The molecule has 16 heavy (non-hydrogen) atoms. The summed E-state index contributed by atoms with van der Waals surface area (Å²) in [6.45, 7) is 12.5. The third-order valence-electron chi connectivity index (χ3n) is 2.30.